The molecule has 2 aromatic heterocycles. The molecule has 3 heterocycles. The van der Waals surface area contributed by atoms with E-state index in [4.69, 9.17) is 4.42 Å². The topological polar surface area (TPSA) is 91.7 Å². The Labute approximate surface area is 136 Å². The SMILES string of the molecule is CC1(c2ccco2)NC(=O)N(CC(=O)NCc2cccs2)C1=O. The van der Waals surface area contributed by atoms with Gasteiger partial charge in [-0.3, -0.25) is 14.5 Å². The van der Waals surface area contributed by atoms with Gasteiger partial charge in [-0.1, -0.05) is 6.07 Å². The maximum atomic E-state index is 12.5. The molecule has 2 aromatic rings. The van der Waals surface area contributed by atoms with Gasteiger partial charge in [0, 0.05) is 4.88 Å². The lowest BCUT2D eigenvalue weighted by Crippen LogP contribution is -2.43. The number of imide groups is 1. The normalized spacial score (nSPS) is 20.7. The standard InChI is InChI=1S/C15H15N3O4S/c1-15(11-5-2-6-22-11)13(20)18(14(21)17-15)9-12(19)16-8-10-4-3-7-23-10/h2-7H,8-9H2,1H3,(H,16,19)(H,17,21). The summed E-state index contributed by atoms with van der Waals surface area (Å²) in [5.74, 6) is -0.577. The number of urea groups is 1. The first-order valence-corrected chi connectivity index (χ1v) is 7.86. The lowest BCUT2D eigenvalue weighted by molar-refractivity contribution is -0.135. The Morgan fingerprint density at radius 3 is 2.87 bits per heavy atom. The van der Waals surface area contributed by atoms with E-state index in [9.17, 15) is 14.4 Å². The first-order chi connectivity index (χ1) is 11.0. The van der Waals surface area contributed by atoms with Crippen molar-refractivity contribution in [3.63, 3.8) is 0 Å². The first-order valence-electron chi connectivity index (χ1n) is 6.98. The highest BCUT2D eigenvalue weighted by atomic mass is 32.1. The lowest BCUT2D eigenvalue weighted by atomic mass is 9.99. The second kappa shape index (κ2) is 5.88. The van der Waals surface area contributed by atoms with Crippen LogP contribution in [0.25, 0.3) is 0 Å². The Morgan fingerprint density at radius 2 is 2.22 bits per heavy atom. The number of nitrogens with zero attached hydrogens (tertiary/aromatic N) is 1. The zero-order chi connectivity index (χ0) is 16.4. The molecule has 0 aliphatic carbocycles. The highest BCUT2D eigenvalue weighted by molar-refractivity contribution is 7.09. The summed E-state index contributed by atoms with van der Waals surface area (Å²) in [6, 6.07) is 6.42. The quantitative estimate of drug-likeness (QED) is 0.810. The summed E-state index contributed by atoms with van der Waals surface area (Å²) in [6.07, 6.45) is 1.43. The molecule has 0 aromatic carbocycles. The van der Waals surface area contributed by atoms with Gasteiger partial charge in [-0.2, -0.15) is 0 Å². The van der Waals surface area contributed by atoms with Crippen LogP contribution >= 0.6 is 11.3 Å². The van der Waals surface area contributed by atoms with Crippen molar-refractivity contribution in [2.75, 3.05) is 6.54 Å². The fraction of sp³-hybridized carbons (Fsp3) is 0.267. The minimum atomic E-state index is -1.28. The number of amides is 4. The number of carbonyl (C=O) groups is 3. The van der Waals surface area contributed by atoms with E-state index in [2.05, 4.69) is 10.6 Å². The van der Waals surface area contributed by atoms with Crippen LogP contribution in [0.15, 0.2) is 40.3 Å². The molecule has 7 nitrogen and oxygen atoms in total. The molecular formula is C15H15N3O4S. The van der Waals surface area contributed by atoms with E-state index in [1.165, 1.54) is 17.6 Å². The second-order valence-electron chi connectivity index (χ2n) is 5.28. The van der Waals surface area contributed by atoms with E-state index >= 15 is 0 Å². The summed E-state index contributed by atoms with van der Waals surface area (Å²) in [7, 11) is 0. The molecule has 1 saturated heterocycles. The Morgan fingerprint density at radius 1 is 1.39 bits per heavy atom. The van der Waals surface area contributed by atoms with Crippen LogP contribution in [0, 0.1) is 0 Å². The first kappa shape index (κ1) is 15.3. The number of hydrogen-bond acceptors (Lipinski definition) is 5. The van der Waals surface area contributed by atoms with Crippen molar-refractivity contribution < 1.29 is 18.8 Å². The highest BCUT2D eigenvalue weighted by Gasteiger charge is 2.51. The molecule has 0 saturated carbocycles. The molecule has 4 amide bonds. The summed E-state index contributed by atoms with van der Waals surface area (Å²) in [5.41, 5.74) is -1.28. The van der Waals surface area contributed by atoms with Crippen molar-refractivity contribution in [1.29, 1.82) is 0 Å². The van der Waals surface area contributed by atoms with E-state index in [-0.39, 0.29) is 6.54 Å². The minimum absolute atomic E-state index is 0.327. The molecular weight excluding hydrogens is 318 g/mol. The third-order valence-corrected chi connectivity index (χ3v) is 4.51. The van der Waals surface area contributed by atoms with Crippen LogP contribution in [0.1, 0.15) is 17.6 Å². The number of carbonyl (C=O) groups excluding carboxylic acids is 3. The van der Waals surface area contributed by atoms with Gasteiger partial charge in [0.25, 0.3) is 5.91 Å². The maximum Gasteiger partial charge on any atom is 0.325 e. The molecule has 120 valence electrons. The molecule has 0 bridgehead atoms. The fourth-order valence-corrected chi connectivity index (χ4v) is 3.01. The van der Waals surface area contributed by atoms with Crippen LogP contribution in [-0.2, 0) is 21.7 Å². The molecule has 1 aliphatic heterocycles. The third kappa shape index (κ3) is 2.85. The van der Waals surface area contributed by atoms with E-state index in [0.717, 1.165) is 9.78 Å². The molecule has 1 atom stereocenters. The molecule has 23 heavy (non-hydrogen) atoms. The minimum Gasteiger partial charge on any atom is -0.466 e. The molecule has 2 N–H and O–H groups in total. The van der Waals surface area contributed by atoms with Crippen molar-refractivity contribution in [3.8, 4) is 0 Å². The van der Waals surface area contributed by atoms with Gasteiger partial charge >= 0.3 is 6.03 Å². The van der Waals surface area contributed by atoms with Gasteiger partial charge in [-0.25, -0.2) is 4.79 Å². The number of thiophene rings is 1. The van der Waals surface area contributed by atoms with E-state index < -0.39 is 23.4 Å². The van der Waals surface area contributed by atoms with Gasteiger partial charge in [0.15, 0.2) is 5.54 Å². The molecule has 0 spiro atoms. The molecule has 1 fully saturated rings. The summed E-state index contributed by atoms with van der Waals surface area (Å²) in [6.45, 7) is 1.59. The molecule has 3 rings (SSSR count). The van der Waals surface area contributed by atoms with Crippen LogP contribution < -0.4 is 10.6 Å². The van der Waals surface area contributed by atoms with Crippen LogP contribution in [0.3, 0.4) is 0 Å². The van der Waals surface area contributed by atoms with E-state index in [1.54, 1.807) is 19.1 Å². The zero-order valence-electron chi connectivity index (χ0n) is 12.4. The van der Waals surface area contributed by atoms with Gasteiger partial charge in [0.1, 0.15) is 12.3 Å². The van der Waals surface area contributed by atoms with E-state index in [1.807, 2.05) is 17.5 Å². The van der Waals surface area contributed by atoms with Crippen LogP contribution in [-0.4, -0.2) is 29.3 Å². The van der Waals surface area contributed by atoms with Gasteiger partial charge in [0.2, 0.25) is 5.91 Å². The lowest BCUT2D eigenvalue weighted by Gasteiger charge is -2.18. The van der Waals surface area contributed by atoms with Gasteiger partial charge in [0.05, 0.1) is 12.8 Å². The van der Waals surface area contributed by atoms with Gasteiger partial charge in [-0.15, -0.1) is 11.3 Å². The summed E-state index contributed by atoms with van der Waals surface area (Å²) in [5, 5.41) is 7.17. The van der Waals surface area contributed by atoms with E-state index in [0.29, 0.717) is 12.3 Å². The van der Waals surface area contributed by atoms with Crippen molar-refractivity contribution >= 4 is 29.2 Å². The Kier molecular flexibility index (Phi) is 3.91. The fourth-order valence-electron chi connectivity index (χ4n) is 2.37. The smallest absolute Gasteiger partial charge is 0.325 e. The number of hydrogen-bond donors (Lipinski definition) is 2. The second-order valence-corrected chi connectivity index (χ2v) is 6.31. The largest absolute Gasteiger partial charge is 0.466 e. The predicted molar refractivity (Wildman–Crippen MR) is 82.5 cm³/mol. The summed E-state index contributed by atoms with van der Waals surface area (Å²) < 4.78 is 5.23. The Bertz CT molecular complexity index is 726. The van der Waals surface area contributed by atoms with Crippen LogP contribution in [0.4, 0.5) is 4.79 Å². The van der Waals surface area contributed by atoms with Crippen molar-refractivity contribution in [1.82, 2.24) is 15.5 Å². The average Bonchev–Trinajstić information content (AvgIpc) is 3.25. The van der Waals surface area contributed by atoms with Crippen molar-refractivity contribution in [3.05, 3.63) is 46.5 Å². The zero-order valence-corrected chi connectivity index (χ0v) is 13.2. The summed E-state index contributed by atoms with van der Waals surface area (Å²) >= 11 is 1.52. The number of rotatable bonds is 5. The monoisotopic (exact) mass is 333 g/mol. The molecule has 1 aliphatic rings. The highest BCUT2D eigenvalue weighted by Crippen LogP contribution is 2.28. The number of nitrogens with one attached hydrogen (secondary N) is 2. The Hall–Kier alpha value is -2.61. The maximum absolute atomic E-state index is 12.5. The number of furan rings is 1. The summed E-state index contributed by atoms with van der Waals surface area (Å²) in [4.78, 5) is 38.4. The van der Waals surface area contributed by atoms with Crippen LogP contribution in [0.2, 0.25) is 0 Å². The van der Waals surface area contributed by atoms with Crippen molar-refractivity contribution in [2.45, 2.75) is 19.0 Å². The molecule has 1 unspecified atom stereocenters. The third-order valence-electron chi connectivity index (χ3n) is 3.63. The van der Waals surface area contributed by atoms with Crippen LogP contribution in [0.5, 0.6) is 0 Å². The average molecular weight is 333 g/mol. The predicted octanol–water partition coefficient (Wildman–Crippen LogP) is 1.42. The van der Waals surface area contributed by atoms with Crippen molar-refractivity contribution in [2.24, 2.45) is 0 Å². The molecule has 8 heteroatoms. The van der Waals surface area contributed by atoms with Gasteiger partial charge in [-0.05, 0) is 30.5 Å². The Balaban J connectivity index is 1.65. The molecule has 0 radical (unpaired) electrons. The van der Waals surface area contributed by atoms with Gasteiger partial charge < -0.3 is 15.1 Å².